The third kappa shape index (κ3) is 4.15. The number of hydrazone groups is 1. The number of carbonyl (C=O) groups excluding carboxylic acids is 1. The van der Waals surface area contributed by atoms with E-state index in [1.165, 1.54) is 0 Å². The second kappa shape index (κ2) is 8.20. The van der Waals surface area contributed by atoms with Gasteiger partial charge >= 0.3 is 0 Å². The number of amides is 1. The zero-order chi connectivity index (χ0) is 20.2. The third-order valence-electron chi connectivity index (χ3n) is 4.50. The van der Waals surface area contributed by atoms with Crippen molar-refractivity contribution >= 4 is 34.1 Å². The van der Waals surface area contributed by atoms with Crippen LogP contribution in [0.5, 0.6) is 0 Å². The van der Waals surface area contributed by atoms with Gasteiger partial charge in [0.05, 0.1) is 22.5 Å². The fourth-order valence-electron chi connectivity index (χ4n) is 3.01. The monoisotopic (exact) mass is 400 g/mol. The topological polar surface area (TPSA) is 67.2 Å². The van der Waals surface area contributed by atoms with Gasteiger partial charge in [-0.3, -0.25) is 9.78 Å². The van der Waals surface area contributed by atoms with E-state index in [1.54, 1.807) is 30.6 Å². The van der Waals surface area contributed by atoms with E-state index in [2.05, 4.69) is 20.5 Å². The van der Waals surface area contributed by atoms with Crippen molar-refractivity contribution in [2.45, 2.75) is 6.92 Å². The van der Waals surface area contributed by atoms with Crippen LogP contribution >= 0.6 is 11.6 Å². The molecule has 2 aromatic heterocycles. The number of rotatable bonds is 4. The average Bonchev–Trinajstić information content (AvgIpc) is 2.77. The maximum atomic E-state index is 13.0. The van der Waals surface area contributed by atoms with E-state index in [1.807, 2.05) is 55.5 Å². The predicted molar refractivity (Wildman–Crippen MR) is 116 cm³/mol. The standard InChI is InChI=1S/C23H17ClN4O/c1-15(17-5-4-6-18(24)13-17)27-28-23(29)20-14-22(16-9-11-25-12-10-16)26-21-8-3-2-7-19(20)21/h2-14H,1H3,(H,28,29)/b27-15+. The van der Waals surface area contributed by atoms with Gasteiger partial charge in [0.15, 0.2) is 0 Å². The summed E-state index contributed by atoms with van der Waals surface area (Å²) in [6.07, 6.45) is 3.40. The van der Waals surface area contributed by atoms with Gasteiger partial charge in [0.1, 0.15) is 0 Å². The zero-order valence-electron chi connectivity index (χ0n) is 15.6. The number of aromatic nitrogens is 2. The molecule has 0 aliphatic heterocycles. The van der Waals surface area contributed by atoms with Crippen molar-refractivity contribution in [3.05, 3.63) is 95.3 Å². The van der Waals surface area contributed by atoms with Crippen molar-refractivity contribution in [2.75, 3.05) is 0 Å². The second-order valence-corrected chi connectivity index (χ2v) is 6.89. The van der Waals surface area contributed by atoms with Crippen LogP contribution in [0.2, 0.25) is 5.02 Å². The minimum absolute atomic E-state index is 0.305. The van der Waals surface area contributed by atoms with Crippen LogP contribution in [0.25, 0.3) is 22.2 Å². The largest absolute Gasteiger partial charge is 0.272 e. The summed E-state index contributed by atoms with van der Waals surface area (Å²) in [6, 6.07) is 20.4. The second-order valence-electron chi connectivity index (χ2n) is 6.46. The van der Waals surface area contributed by atoms with Crippen molar-refractivity contribution in [1.29, 1.82) is 0 Å². The van der Waals surface area contributed by atoms with Gasteiger partial charge in [-0.1, -0.05) is 41.9 Å². The Balaban J connectivity index is 1.71. The van der Waals surface area contributed by atoms with Crippen molar-refractivity contribution in [1.82, 2.24) is 15.4 Å². The molecule has 4 aromatic rings. The lowest BCUT2D eigenvalue weighted by molar-refractivity contribution is 0.0956. The van der Waals surface area contributed by atoms with E-state index in [4.69, 9.17) is 11.6 Å². The molecule has 0 fully saturated rings. The summed E-state index contributed by atoms with van der Waals surface area (Å²) >= 11 is 6.03. The molecular formula is C23H17ClN4O. The van der Waals surface area contributed by atoms with Crippen LogP contribution in [0.15, 0.2) is 84.2 Å². The number of fused-ring (bicyclic) bond motifs is 1. The van der Waals surface area contributed by atoms with Crippen LogP contribution < -0.4 is 5.43 Å². The Bertz CT molecular complexity index is 1220. The Morgan fingerprint density at radius 1 is 1.00 bits per heavy atom. The summed E-state index contributed by atoms with van der Waals surface area (Å²) in [7, 11) is 0. The van der Waals surface area contributed by atoms with Gasteiger partial charge in [0.2, 0.25) is 0 Å². The summed E-state index contributed by atoms with van der Waals surface area (Å²) in [6.45, 7) is 1.82. The SMILES string of the molecule is C/C(=N\NC(=O)c1cc(-c2ccncc2)nc2ccccc12)c1cccc(Cl)c1. The van der Waals surface area contributed by atoms with Gasteiger partial charge in [0.25, 0.3) is 5.91 Å². The Labute approximate surface area is 173 Å². The molecule has 2 heterocycles. The van der Waals surface area contributed by atoms with Gasteiger partial charge in [-0.05, 0) is 48.9 Å². The average molecular weight is 401 g/mol. The van der Waals surface area contributed by atoms with Crippen LogP contribution in [0.3, 0.4) is 0 Å². The molecule has 0 bridgehead atoms. The van der Waals surface area contributed by atoms with Crippen molar-refractivity contribution in [3.8, 4) is 11.3 Å². The molecule has 0 atom stereocenters. The van der Waals surface area contributed by atoms with Crippen LogP contribution in [-0.4, -0.2) is 21.6 Å². The van der Waals surface area contributed by atoms with E-state index in [-0.39, 0.29) is 5.91 Å². The Morgan fingerprint density at radius 3 is 2.59 bits per heavy atom. The number of hydrogen-bond donors (Lipinski definition) is 1. The highest BCUT2D eigenvalue weighted by Gasteiger charge is 2.14. The first-order valence-electron chi connectivity index (χ1n) is 9.02. The number of nitrogens with one attached hydrogen (secondary N) is 1. The molecular weight excluding hydrogens is 384 g/mol. The van der Waals surface area contributed by atoms with Gasteiger partial charge in [-0.25, -0.2) is 10.4 Å². The molecule has 0 saturated heterocycles. The third-order valence-corrected chi connectivity index (χ3v) is 4.74. The van der Waals surface area contributed by atoms with Crippen LogP contribution in [0.1, 0.15) is 22.8 Å². The maximum absolute atomic E-state index is 13.0. The summed E-state index contributed by atoms with van der Waals surface area (Å²) < 4.78 is 0. The van der Waals surface area contributed by atoms with Gasteiger partial charge < -0.3 is 0 Å². The normalized spacial score (nSPS) is 11.4. The summed E-state index contributed by atoms with van der Waals surface area (Å²) in [5.41, 5.74) is 6.99. The molecule has 0 saturated carbocycles. The number of benzene rings is 2. The van der Waals surface area contributed by atoms with E-state index in [0.29, 0.717) is 22.0 Å². The molecule has 5 nitrogen and oxygen atoms in total. The highest BCUT2D eigenvalue weighted by molar-refractivity contribution is 6.31. The van der Waals surface area contributed by atoms with Crippen molar-refractivity contribution in [3.63, 3.8) is 0 Å². The molecule has 29 heavy (non-hydrogen) atoms. The quantitative estimate of drug-likeness (QED) is 0.382. The molecule has 6 heteroatoms. The summed E-state index contributed by atoms with van der Waals surface area (Å²) in [5, 5.41) is 5.63. The number of carbonyl (C=O) groups is 1. The highest BCUT2D eigenvalue weighted by Crippen LogP contribution is 2.24. The summed E-state index contributed by atoms with van der Waals surface area (Å²) in [5.74, 6) is -0.305. The van der Waals surface area contributed by atoms with Crippen LogP contribution in [-0.2, 0) is 0 Å². The van der Waals surface area contributed by atoms with Crippen molar-refractivity contribution < 1.29 is 4.79 Å². The first kappa shape index (κ1) is 18.8. The zero-order valence-corrected chi connectivity index (χ0v) is 16.4. The Morgan fingerprint density at radius 2 is 1.79 bits per heavy atom. The van der Waals surface area contributed by atoms with Crippen molar-refractivity contribution in [2.24, 2.45) is 5.10 Å². The van der Waals surface area contributed by atoms with Gasteiger partial charge in [-0.15, -0.1) is 0 Å². The maximum Gasteiger partial charge on any atom is 0.272 e. The summed E-state index contributed by atoms with van der Waals surface area (Å²) in [4.78, 5) is 21.7. The van der Waals surface area contributed by atoms with Gasteiger partial charge in [0, 0.05) is 28.4 Å². The lowest BCUT2D eigenvalue weighted by Gasteiger charge is -2.09. The molecule has 0 aliphatic carbocycles. The van der Waals surface area contributed by atoms with E-state index < -0.39 is 0 Å². The van der Waals surface area contributed by atoms with Crippen LogP contribution in [0, 0.1) is 0 Å². The molecule has 0 radical (unpaired) electrons. The number of hydrogen-bond acceptors (Lipinski definition) is 4. The lowest BCUT2D eigenvalue weighted by atomic mass is 10.0. The minimum Gasteiger partial charge on any atom is -0.267 e. The number of para-hydroxylation sites is 1. The number of nitrogens with zero attached hydrogens (tertiary/aromatic N) is 3. The molecule has 0 unspecified atom stereocenters. The molecule has 1 amide bonds. The Kier molecular flexibility index (Phi) is 5.31. The van der Waals surface area contributed by atoms with Gasteiger partial charge in [-0.2, -0.15) is 5.10 Å². The van der Waals surface area contributed by atoms with Crippen LogP contribution in [0.4, 0.5) is 0 Å². The number of pyridine rings is 2. The molecule has 2 aromatic carbocycles. The lowest BCUT2D eigenvalue weighted by Crippen LogP contribution is -2.20. The number of halogens is 1. The smallest absolute Gasteiger partial charge is 0.267 e. The fourth-order valence-corrected chi connectivity index (χ4v) is 3.20. The molecule has 1 N–H and O–H groups in total. The predicted octanol–water partition coefficient (Wildman–Crippen LogP) is 5.10. The first-order chi connectivity index (χ1) is 14.1. The highest BCUT2D eigenvalue weighted by atomic mass is 35.5. The molecule has 4 rings (SSSR count). The minimum atomic E-state index is -0.305. The van der Waals surface area contributed by atoms with E-state index in [9.17, 15) is 4.79 Å². The molecule has 0 spiro atoms. The molecule has 142 valence electrons. The Hall–Kier alpha value is -3.57. The van der Waals surface area contributed by atoms with E-state index >= 15 is 0 Å². The van der Waals surface area contributed by atoms with E-state index in [0.717, 1.165) is 22.0 Å². The molecule has 0 aliphatic rings. The first-order valence-corrected chi connectivity index (χ1v) is 9.40. The fraction of sp³-hybridized carbons (Fsp3) is 0.0435.